The van der Waals surface area contributed by atoms with E-state index < -0.39 is 33.8 Å². The first kappa shape index (κ1) is 28.1. The van der Waals surface area contributed by atoms with Crippen LogP contribution in [0.15, 0.2) is 75.7 Å². The van der Waals surface area contributed by atoms with Crippen LogP contribution in [0.2, 0.25) is 0 Å². The van der Waals surface area contributed by atoms with Crippen LogP contribution in [0.25, 0.3) is 44.5 Å². The SMILES string of the molecule is CNC(=O)c1c(-c2ccc(F)cc2)oc2cc(N(C)S(C)(=O)=O)c(C3=CNC(O)C(c4nc5c(F)cccc5o4)=C3)cc12. The third-order valence-electron chi connectivity index (χ3n) is 7.13. The molecule has 220 valence electrons. The summed E-state index contributed by atoms with van der Waals surface area (Å²) < 4.78 is 66.3. The average molecular weight is 607 g/mol. The monoisotopic (exact) mass is 606 g/mol. The predicted molar refractivity (Wildman–Crippen MR) is 157 cm³/mol. The Labute approximate surface area is 244 Å². The maximum Gasteiger partial charge on any atom is 0.255 e. The number of furan rings is 1. The van der Waals surface area contributed by atoms with Gasteiger partial charge in [-0.25, -0.2) is 22.2 Å². The first-order valence-electron chi connectivity index (χ1n) is 12.9. The molecule has 0 bridgehead atoms. The largest absolute Gasteiger partial charge is 0.455 e. The number of aliphatic hydroxyl groups is 1. The number of allylic oxidation sites excluding steroid dienone is 2. The van der Waals surface area contributed by atoms with Gasteiger partial charge in [-0.15, -0.1) is 0 Å². The minimum absolute atomic E-state index is 0.0115. The second-order valence-corrected chi connectivity index (χ2v) is 11.9. The van der Waals surface area contributed by atoms with Crippen molar-refractivity contribution in [3.63, 3.8) is 0 Å². The molecule has 0 saturated carbocycles. The number of hydrogen-bond donors (Lipinski definition) is 3. The molecule has 5 aromatic rings. The topological polar surface area (TPSA) is 138 Å². The number of carbonyl (C=O) groups is 1. The second-order valence-electron chi connectivity index (χ2n) is 9.86. The van der Waals surface area contributed by atoms with E-state index in [1.165, 1.54) is 68.8 Å². The van der Waals surface area contributed by atoms with Gasteiger partial charge in [0.2, 0.25) is 15.9 Å². The highest BCUT2D eigenvalue weighted by Gasteiger charge is 2.29. The van der Waals surface area contributed by atoms with Gasteiger partial charge in [-0.3, -0.25) is 9.10 Å². The number of benzene rings is 3. The number of anilines is 1. The molecule has 43 heavy (non-hydrogen) atoms. The highest BCUT2D eigenvalue weighted by molar-refractivity contribution is 7.92. The third-order valence-corrected chi connectivity index (χ3v) is 8.33. The van der Waals surface area contributed by atoms with Crippen LogP contribution in [-0.4, -0.2) is 51.0 Å². The van der Waals surface area contributed by atoms with E-state index in [9.17, 15) is 27.1 Å². The summed E-state index contributed by atoms with van der Waals surface area (Å²) in [6.07, 6.45) is 2.76. The van der Waals surface area contributed by atoms with Crippen molar-refractivity contribution in [2.24, 2.45) is 0 Å². The lowest BCUT2D eigenvalue weighted by Gasteiger charge is -2.24. The maximum atomic E-state index is 14.3. The number of fused-ring (bicyclic) bond motifs is 2. The van der Waals surface area contributed by atoms with E-state index in [4.69, 9.17) is 8.83 Å². The van der Waals surface area contributed by atoms with Crippen LogP contribution in [-0.2, 0) is 10.0 Å². The molecule has 0 aliphatic carbocycles. The molecule has 3 N–H and O–H groups in total. The van der Waals surface area contributed by atoms with E-state index in [1.54, 1.807) is 12.1 Å². The number of hydrogen-bond acceptors (Lipinski definition) is 8. The van der Waals surface area contributed by atoms with Crippen LogP contribution >= 0.6 is 0 Å². The molecule has 3 heterocycles. The number of halogens is 2. The highest BCUT2D eigenvalue weighted by atomic mass is 32.2. The average Bonchev–Trinajstić information content (AvgIpc) is 3.58. The summed E-state index contributed by atoms with van der Waals surface area (Å²) in [6, 6.07) is 12.7. The fraction of sp³-hybridized carbons (Fsp3) is 0.133. The van der Waals surface area contributed by atoms with Gasteiger partial charge in [0.15, 0.2) is 17.6 Å². The molecule has 0 fully saturated rings. The molecule has 1 aliphatic rings. The standard InChI is InChI=1S/C30H24F2N4O6S/c1-33-29(38)25-19-12-18(16-11-20(28(37)34-14-16)30-35-26-21(32)5-4-6-23(26)42-30)22(36(2)43(3,39)40)13-24(19)41-27(25)15-7-9-17(31)10-8-15/h4-14,28,34,37H,1-3H3,(H,33,38). The van der Waals surface area contributed by atoms with E-state index in [0.717, 1.165) is 10.6 Å². The molecule has 6 rings (SSSR count). The molecule has 1 unspecified atom stereocenters. The third kappa shape index (κ3) is 4.91. The second kappa shape index (κ2) is 10.4. The minimum atomic E-state index is -3.79. The number of nitrogens with zero attached hydrogens (tertiary/aromatic N) is 2. The molecule has 1 aliphatic heterocycles. The van der Waals surface area contributed by atoms with Gasteiger partial charge < -0.3 is 24.6 Å². The van der Waals surface area contributed by atoms with Gasteiger partial charge in [0.1, 0.15) is 22.7 Å². The Balaban J connectivity index is 1.59. The van der Waals surface area contributed by atoms with E-state index >= 15 is 0 Å². The fourth-order valence-corrected chi connectivity index (χ4v) is 5.39. The molecule has 0 spiro atoms. The van der Waals surface area contributed by atoms with Crippen LogP contribution < -0.4 is 14.9 Å². The van der Waals surface area contributed by atoms with Crippen LogP contribution in [0.1, 0.15) is 21.8 Å². The number of nitrogens with one attached hydrogen (secondary N) is 2. The van der Waals surface area contributed by atoms with Crippen LogP contribution in [0.5, 0.6) is 0 Å². The molecule has 1 amide bonds. The molecule has 10 nitrogen and oxygen atoms in total. The summed E-state index contributed by atoms with van der Waals surface area (Å²) in [5.41, 5.74) is 2.05. The number of rotatable bonds is 6. The van der Waals surface area contributed by atoms with Crippen molar-refractivity contribution in [1.82, 2.24) is 15.6 Å². The summed E-state index contributed by atoms with van der Waals surface area (Å²) in [6.45, 7) is 0. The van der Waals surface area contributed by atoms with Crippen molar-refractivity contribution < 1.29 is 35.9 Å². The molecule has 3 aromatic carbocycles. The van der Waals surface area contributed by atoms with Crippen molar-refractivity contribution in [3.8, 4) is 11.3 Å². The Morgan fingerprint density at radius 2 is 1.84 bits per heavy atom. The van der Waals surface area contributed by atoms with Crippen molar-refractivity contribution in [2.75, 3.05) is 24.7 Å². The Hall–Kier alpha value is -5.01. The predicted octanol–water partition coefficient (Wildman–Crippen LogP) is 4.62. The van der Waals surface area contributed by atoms with Gasteiger partial charge in [-0.1, -0.05) is 6.07 Å². The maximum absolute atomic E-state index is 14.3. The van der Waals surface area contributed by atoms with Crippen LogP contribution in [0, 0.1) is 11.6 Å². The summed E-state index contributed by atoms with van der Waals surface area (Å²) >= 11 is 0. The number of dihydropyridines is 1. The molecular formula is C30H24F2N4O6S. The lowest BCUT2D eigenvalue weighted by molar-refractivity contribution is 0.0964. The number of amides is 1. The van der Waals surface area contributed by atoms with E-state index in [2.05, 4.69) is 15.6 Å². The normalized spacial score (nSPS) is 15.3. The number of carbonyl (C=O) groups excluding carboxylic acids is 1. The zero-order valence-electron chi connectivity index (χ0n) is 23.0. The number of aromatic nitrogens is 1. The van der Waals surface area contributed by atoms with Crippen molar-refractivity contribution in [2.45, 2.75) is 6.23 Å². The lowest BCUT2D eigenvalue weighted by atomic mass is 9.96. The van der Waals surface area contributed by atoms with E-state index in [-0.39, 0.29) is 45.2 Å². The zero-order chi connectivity index (χ0) is 30.6. The van der Waals surface area contributed by atoms with Gasteiger partial charge in [-0.2, -0.15) is 0 Å². The molecular weight excluding hydrogens is 582 g/mol. The highest BCUT2D eigenvalue weighted by Crippen LogP contribution is 2.41. The number of para-hydroxylation sites is 1. The van der Waals surface area contributed by atoms with Crippen molar-refractivity contribution in [3.05, 3.63) is 95.5 Å². The molecule has 2 aromatic heterocycles. The smallest absolute Gasteiger partial charge is 0.255 e. The Kier molecular flexibility index (Phi) is 6.78. The number of sulfonamides is 1. The van der Waals surface area contributed by atoms with Gasteiger partial charge >= 0.3 is 0 Å². The van der Waals surface area contributed by atoms with Gasteiger partial charge in [-0.05, 0) is 48.5 Å². The Morgan fingerprint density at radius 3 is 2.51 bits per heavy atom. The van der Waals surface area contributed by atoms with Gasteiger partial charge in [0.25, 0.3) is 5.91 Å². The summed E-state index contributed by atoms with van der Waals surface area (Å²) in [5, 5.41) is 16.5. The van der Waals surface area contributed by atoms with Gasteiger partial charge in [0.05, 0.1) is 23.1 Å². The minimum Gasteiger partial charge on any atom is -0.455 e. The number of oxazole rings is 1. The number of aliphatic hydroxyl groups excluding tert-OH is 1. The van der Waals surface area contributed by atoms with Crippen molar-refractivity contribution >= 4 is 54.8 Å². The summed E-state index contributed by atoms with van der Waals surface area (Å²) in [7, 11) is -0.967. The molecule has 13 heteroatoms. The van der Waals surface area contributed by atoms with Crippen LogP contribution in [0.4, 0.5) is 14.5 Å². The van der Waals surface area contributed by atoms with E-state index in [0.29, 0.717) is 22.1 Å². The fourth-order valence-electron chi connectivity index (χ4n) is 4.88. The molecule has 1 atom stereocenters. The van der Waals surface area contributed by atoms with E-state index in [1.807, 2.05) is 0 Å². The quantitative estimate of drug-likeness (QED) is 0.255. The van der Waals surface area contributed by atoms with Crippen molar-refractivity contribution in [1.29, 1.82) is 0 Å². The zero-order valence-corrected chi connectivity index (χ0v) is 23.8. The lowest BCUT2D eigenvalue weighted by Crippen LogP contribution is -2.29. The Morgan fingerprint density at radius 1 is 1.09 bits per heavy atom. The summed E-state index contributed by atoms with van der Waals surface area (Å²) in [5.74, 6) is -1.43. The molecule has 0 saturated heterocycles. The van der Waals surface area contributed by atoms with Gasteiger partial charge in [0, 0.05) is 48.4 Å². The first-order valence-corrected chi connectivity index (χ1v) is 14.7. The molecule has 0 radical (unpaired) electrons. The van der Waals surface area contributed by atoms with Crippen LogP contribution in [0.3, 0.4) is 0 Å². The Bertz CT molecular complexity index is 2100. The summed E-state index contributed by atoms with van der Waals surface area (Å²) in [4.78, 5) is 17.3. The first-order chi connectivity index (χ1) is 20.5.